The molecule has 1 fully saturated rings. The molecule has 1 heterocycles. The molecule has 5 nitrogen and oxygen atoms in total. The van der Waals surface area contributed by atoms with Gasteiger partial charge in [-0.1, -0.05) is 0 Å². The number of amides is 1. The molecule has 17 heavy (non-hydrogen) atoms. The normalized spacial score (nSPS) is 22.4. The molecule has 1 aliphatic heterocycles. The highest BCUT2D eigenvalue weighted by molar-refractivity contribution is 7.91. The molecule has 0 bridgehead atoms. The molecule has 1 unspecified atom stereocenters. The Hall–Kier alpha value is -0.780. The van der Waals surface area contributed by atoms with Crippen molar-refractivity contribution in [2.24, 2.45) is 0 Å². The number of nitrogens with zero attached hydrogens (tertiary/aromatic N) is 1. The summed E-state index contributed by atoms with van der Waals surface area (Å²) >= 11 is 0. The predicted molar refractivity (Wildman–Crippen MR) is 65.7 cm³/mol. The number of hydrogen-bond acceptors (Lipinski definition) is 4. The van der Waals surface area contributed by atoms with Crippen molar-refractivity contribution in [3.63, 3.8) is 0 Å². The summed E-state index contributed by atoms with van der Waals surface area (Å²) in [4.78, 5) is 13.3. The minimum Gasteiger partial charge on any atom is -0.444 e. The van der Waals surface area contributed by atoms with Crippen LogP contribution in [-0.2, 0) is 14.6 Å². The van der Waals surface area contributed by atoms with Gasteiger partial charge in [-0.25, -0.2) is 13.2 Å². The van der Waals surface area contributed by atoms with Gasteiger partial charge in [0, 0.05) is 19.3 Å². The molecule has 1 rings (SSSR count). The number of carbonyl (C=O) groups excluding carboxylic acids is 1. The Morgan fingerprint density at radius 1 is 1.35 bits per heavy atom. The number of piperidine rings is 1. The SMILES string of the molecule is CC(C)(C)OC(=O)N1CCCC(S(C)(=O)=O)C1. The summed E-state index contributed by atoms with van der Waals surface area (Å²) in [6.07, 6.45) is 2.12. The smallest absolute Gasteiger partial charge is 0.410 e. The van der Waals surface area contributed by atoms with Crippen LogP contribution in [0.3, 0.4) is 0 Å². The summed E-state index contributed by atoms with van der Waals surface area (Å²) in [6.45, 7) is 6.20. The second-order valence-corrected chi connectivity index (χ2v) is 7.85. The quantitative estimate of drug-likeness (QED) is 0.718. The number of likely N-dealkylation sites (tertiary alicyclic amines) is 1. The van der Waals surface area contributed by atoms with Gasteiger partial charge in [-0.3, -0.25) is 0 Å². The molecular formula is C11H21NO4S. The highest BCUT2D eigenvalue weighted by Crippen LogP contribution is 2.19. The molecule has 1 amide bonds. The van der Waals surface area contributed by atoms with E-state index >= 15 is 0 Å². The van der Waals surface area contributed by atoms with Crippen molar-refractivity contribution >= 4 is 15.9 Å². The third-order valence-corrected chi connectivity index (χ3v) is 4.23. The molecule has 0 aromatic carbocycles. The molecule has 0 aliphatic carbocycles. The van der Waals surface area contributed by atoms with Crippen molar-refractivity contribution < 1.29 is 17.9 Å². The second-order valence-electron chi connectivity index (χ2n) is 5.52. The molecule has 0 spiro atoms. The third-order valence-electron chi connectivity index (χ3n) is 2.64. The van der Waals surface area contributed by atoms with E-state index in [9.17, 15) is 13.2 Å². The molecule has 100 valence electrons. The minimum absolute atomic E-state index is 0.244. The Labute approximate surface area is 103 Å². The van der Waals surface area contributed by atoms with Crippen molar-refractivity contribution in [1.82, 2.24) is 4.90 Å². The number of rotatable bonds is 1. The van der Waals surface area contributed by atoms with Gasteiger partial charge in [-0.05, 0) is 33.6 Å². The van der Waals surface area contributed by atoms with E-state index < -0.39 is 26.8 Å². The monoisotopic (exact) mass is 263 g/mol. The van der Waals surface area contributed by atoms with Crippen LogP contribution in [0.2, 0.25) is 0 Å². The van der Waals surface area contributed by atoms with Crippen LogP contribution in [0.25, 0.3) is 0 Å². The predicted octanol–water partition coefficient (Wildman–Crippen LogP) is 1.43. The summed E-state index contributed by atoms with van der Waals surface area (Å²) in [6, 6.07) is 0. The van der Waals surface area contributed by atoms with E-state index in [-0.39, 0.29) is 6.54 Å². The maximum atomic E-state index is 11.8. The summed E-state index contributed by atoms with van der Waals surface area (Å²) in [5.41, 5.74) is -0.547. The van der Waals surface area contributed by atoms with Crippen LogP contribution >= 0.6 is 0 Å². The first kappa shape index (κ1) is 14.3. The summed E-state index contributed by atoms with van der Waals surface area (Å²) < 4.78 is 28.2. The molecule has 1 atom stereocenters. The first-order valence-electron chi connectivity index (χ1n) is 5.76. The van der Waals surface area contributed by atoms with Crippen molar-refractivity contribution in [2.75, 3.05) is 19.3 Å². The van der Waals surface area contributed by atoms with Crippen LogP contribution in [0.4, 0.5) is 4.79 Å². The molecular weight excluding hydrogens is 242 g/mol. The fourth-order valence-corrected chi connectivity index (χ4v) is 2.83. The summed E-state index contributed by atoms with van der Waals surface area (Å²) in [5, 5.41) is -0.455. The Morgan fingerprint density at radius 2 is 1.94 bits per heavy atom. The Morgan fingerprint density at radius 3 is 2.41 bits per heavy atom. The number of ether oxygens (including phenoxy) is 1. The second kappa shape index (κ2) is 4.84. The first-order valence-corrected chi connectivity index (χ1v) is 7.72. The average molecular weight is 263 g/mol. The largest absolute Gasteiger partial charge is 0.444 e. The van der Waals surface area contributed by atoms with Gasteiger partial charge in [0.1, 0.15) is 5.60 Å². The van der Waals surface area contributed by atoms with E-state index in [1.54, 1.807) is 20.8 Å². The summed E-state index contributed by atoms with van der Waals surface area (Å²) in [5.74, 6) is 0. The lowest BCUT2D eigenvalue weighted by atomic mass is 10.1. The van der Waals surface area contributed by atoms with Gasteiger partial charge < -0.3 is 9.64 Å². The van der Waals surface area contributed by atoms with E-state index in [1.165, 1.54) is 11.2 Å². The lowest BCUT2D eigenvalue weighted by Gasteiger charge is -2.33. The number of hydrogen-bond donors (Lipinski definition) is 0. The maximum Gasteiger partial charge on any atom is 0.410 e. The van der Waals surface area contributed by atoms with Crippen LogP contribution in [0, 0.1) is 0 Å². The van der Waals surface area contributed by atoms with E-state index in [0.29, 0.717) is 19.4 Å². The van der Waals surface area contributed by atoms with Crippen LogP contribution in [0.15, 0.2) is 0 Å². The highest BCUT2D eigenvalue weighted by Gasteiger charge is 2.31. The van der Waals surface area contributed by atoms with Gasteiger partial charge >= 0.3 is 6.09 Å². The Balaban J connectivity index is 2.64. The Kier molecular flexibility index (Phi) is 4.06. The van der Waals surface area contributed by atoms with Crippen LogP contribution < -0.4 is 0 Å². The van der Waals surface area contributed by atoms with Gasteiger partial charge in [0.15, 0.2) is 9.84 Å². The van der Waals surface area contributed by atoms with Crippen LogP contribution in [0.5, 0.6) is 0 Å². The molecule has 0 aromatic rings. The third kappa shape index (κ3) is 4.53. The first-order chi connectivity index (χ1) is 7.59. The standard InChI is InChI=1S/C11H21NO4S/c1-11(2,3)16-10(13)12-7-5-6-9(8-12)17(4,14)15/h9H,5-8H2,1-4H3. The van der Waals surface area contributed by atoms with Crippen molar-refractivity contribution in [3.05, 3.63) is 0 Å². The van der Waals surface area contributed by atoms with Crippen molar-refractivity contribution in [2.45, 2.75) is 44.5 Å². The highest BCUT2D eigenvalue weighted by atomic mass is 32.2. The van der Waals surface area contributed by atoms with E-state index in [0.717, 1.165) is 0 Å². The fraction of sp³-hybridized carbons (Fsp3) is 0.909. The minimum atomic E-state index is -3.09. The lowest BCUT2D eigenvalue weighted by Crippen LogP contribution is -2.46. The van der Waals surface area contributed by atoms with E-state index in [2.05, 4.69) is 0 Å². The zero-order valence-corrected chi connectivity index (χ0v) is 11.7. The zero-order chi connectivity index (χ0) is 13.3. The average Bonchev–Trinajstić information content (AvgIpc) is 2.14. The number of carbonyl (C=O) groups is 1. The van der Waals surface area contributed by atoms with E-state index in [4.69, 9.17) is 4.74 Å². The summed E-state index contributed by atoms with van der Waals surface area (Å²) in [7, 11) is -3.09. The molecule has 0 aromatic heterocycles. The molecule has 6 heteroatoms. The van der Waals surface area contributed by atoms with Gasteiger partial charge in [-0.15, -0.1) is 0 Å². The zero-order valence-electron chi connectivity index (χ0n) is 10.9. The number of sulfone groups is 1. The van der Waals surface area contributed by atoms with Gasteiger partial charge in [-0.2, -0.15) is 0 Å². The van der Waals surface area contributed by atoms with Crippen molar-refractivity contribution in [1.29, 1.82) is 0 Å². The Bertz CT molecular complexity index is 383. The molecule has 1 aliphatic rings. The van der Waals surface area contributed by atoms with Crippen molar-refractivity contribution in [3.8, 4) is 0 Å². The van der Waals surface area contributed by atoms with E-state index in [1.807, 2.05) is 0 Å². The van der Waals surface area contributed by atoms with Gasteiger partial charge in [0.2, 0.25) is 0 Å². The van der Waals surface area contributed by atoms with Crippen LogP contribution in [-0.4, -0.2) is 49.6 Å². The van der Waals surface area contributed by atoms with Gasteiger partial charge in [0.05, 0.1) is 5.25 Å². The molecule has 0 radical (unpaired) electrons. The molecule has 0 saturated carbocycles. The van der Waals surface area contributed by atoms with Crippen LogP contribution in [0.1, 0.15) is 33.6 Å². The van der Waals surface area contributed by atoms with Gasteiger partial charge in [0.25, 0.3) is 0 Å². The maximum absolute atomic E-state index is 11.8. The topological polar surface area (TPSA) is 63.7 Å². The fourth-order valence-electron chi connectivity index (χ4n) is 1.78. The lowest BCUT2D eigenvalue weighted by molar-refractivity contribution is 0.0219. The molecule has 1 saturated heterocycles. The molecule has 0 N–H and O–H groups in total.